The maximum Gasteiger partial charge on any atom is 0.332 e. The lowest BCUT2D eigenvalue weighted by Gasteiger charge is -2.07. The number of hydrogen-bond donors (Lipinski definition) is 1. The molecule has 1 heterocycles. The van der Waals surface area contributed by atoms with E-state index < -0.39 is 37.2 Å². The van der Waals surface area contributed by atoms with Gasteiger partial charge in [0.15, 0.2) is 11.6 Å². The summed E-state index contributed by atoms with van der Waals surface area (Å²) in [6, 6.07) is 2.39. The third-order valence-corrected chi connectivity index (χ3v) is 3.73. The van der Waals surface area contributed by atoms with Crippen molar-refractivity contribution in [3.8, 4) is 0 Å². The van der Waals surface area contributed by atoms with Crippen LogP contribution in [0, 0.1) is 15.9 Å². The van der Waals surface area contributed by atoms with Crippen LogP contribution >= 0.6 is 0 Å². The smallest absolute Gasteiger partial charge is 0.332 e. The molecule has 0 fully saturated rings. The van der Waals surface area contributed by atoms with Gasteiger partial charge in [0.25, 0.3) is 5.69 Å². The lowest BCUT2D eigenvalue weighted by molar-refractivity contribution is -0.384. The molecule has 0 amide bonds. The van der Waals surface area contributed by atoms with Crippen molar-refractivity contribution < 1.29 is 26.1 Å². The normalized spacial score (nSPS) is 11.4. The number of benzene rings is 1. The van der Waals surface area contributed by atoms with Gasteiger partial charge in [-0.05, 0) is 12.5 Å². The van der Waals surface area contributed by atoms with E-state index in [1.165, 1.54) is 0 Å². The van der Waals surface area contributed by atoms with Crippen molar-refractivity contribution >= 4 is 21.6 Å². The number of nitro groups is 1. The second-order valence-electron chi connectivity index (χ2n) is 4.49. The third kappa shape index (κ3) is 3.80. The van der Waals surface area contributed by atoms with Gasteiger partial charge in [-0.25, -0.2) is 4.39 Å². The van der Waals surface area contributed by atoms with Crippen molar-refractivity contribution in [1.29, 1.82) is 0 Å². The van der Waals surface area contributed by atoms with E-state index in [9.17, 15) is 26.8 Å². The fourth-order valence-corrected chi connectivity index (χ4v) is 2.31. The standard InChI is InChI=1S/C12H11F2N3O5S/c1-2-7-3-8(22-16-7)6-15-12-10(13)4-9(23(14,20)21)5-11(12)17(18)19/h3-5,15H,2,6H2,1H3. The average molecular weight is 347 g/mol. The molecule has 8 nitrogen and oxygen atoms in total. The molecule has 0 spiro atoms. The molecule has 0 bridgehead atoms. The number of hydrogen-bond acceptors (Lipinski definition) is 7. The molecule has 124 valence electrons. The van der Waals surface area contributed by atoms with Crippen LogP contribution in [-0.2, 0) is 23.2 Å². The summed E-state index contributed by atoms with van der Waals surface area (Å²) >= 11 is 0. The summed E-state index contributed by atoms with van der Waals surface area (Å²) in [5.41, 5.74) is -0.830. The zero-order valence-corrected chi connectivity index (χ0v) is 12.6. The molecule has 2 aromatic rings. The van der Waals surface area contributed by atoms with Gasteiger partial charge >= 0.3 is 10.2 Å². The maximum atomic E-state index is 13.9. The van der Waals surface area contributed by atoms with Gasteiger partial charge in [-0.3, -0.25) is 10.1 Å². The van der Waals surface area contributed by atoms with Crippen LogP contribution in [0.25, 0.3) is 0 Å². The van der Waals surface area contributed by atoms with Crippen LogP contribution in [0.4, 0.5) is 19.7 Å². The van der Waals surface area contributed by atoms with Crippen LogP contribution in [-0.4, -0.2) is 18.5 Å². The first-order valence-electron chi connectivity index (χ1n) is 6.33. The van der Waals surface area contributed by atoms with E-state index in [2.05, 4.69) is 10.5 Å². The van der Waals surface area contributed by atoms with Gasteiger partial charge < -0.3 is 9.84 Å². The molecule has 23 heavy (non-hydrogen) atoms. The zero-order chi connectivity index (χ0) is 17.2. The highest BCUT2D eigenvalue weighted by atomic mass is 32.3. The molecule has 11 heteroatoms. The van der Waals surface area contributed by atoms with Crippen LogP contribution in [0.2, 0.25) is 0 Å². The van der Waals surface area contributed by atoms with Crippen LogP contribution in [0.15, 0.2) is 27.6 Å². The molecule has 0 saturated heterocycles. The Morgan fingerprint density at radius 2 is 2.09 bits per heavy atom. The first-order valence-corrected chi connectivity index (χ1v) is 7.71. The number of nitrogens with one attached hydrogen (secondary N) is 1. The molecule has 1 N–H and O–H groups in total. The van der Waals surface area contributed by atoms with E-state index in [1.54, 1.807) is 6.07 Å². The van der Waals surface area contributed by atoms with E-state index in [-0.39, 0.29) is 6.54 Å². The van der Waals surface area contributed by atoms with E-state index >= 15 is 0 Å². The van der Waals surface area contributed by atoms with Crippen LogP contribution < -0.4 is 5.32 Å². The number of aryl methyl sites for hydroxylation is 1. The Bertz CT molecular complexity index is 850. The van der Waals surface area contributed by atoms with Gasteiger partial charge in [-0.2, -0.15) is 8.42 Å². The molecule has 0 aliphatic heterocycles. The summed E-state index contributed by atoms with van der Waals surface area (Å²) < 4.78 is 53.3. The Balaban J connectivity index is 2.35. The van der Waals surface area contributed by atoms with Gasteiger partial charge in [0.05, 0.1) is 17.2 Å². The number of anilines is 1. The molecule has 0 radical (unpaired) electrons. The summed E-state index contributed by atoms with van der Waals surface area (Å²) in [5.74, 6) is -0.969. The van der Waals surface area contributed by atoms with E-state index in [0.29, 0.717) is 30.0 Å². The average Bonchev–Trinajstić information content (AvgIpc) is 2.92. The van der Waals surface area contributed by atoms with Gasteiger partial charge in [-0.1, -0.05) is 12.1 Å². The molecule has 0 aliphatic carbocycles. The lowest BCUT2D eigenvalue weighted by Crippen LogP contribution is -2.06. The van der Waals surface area contributed by atoms with Crippen molar-refractivity contribution in [2.24, 2.45) is 0 Å². The van der Waals surface area contributed by atoms with Crippen molar-refractivity contribution in [1.82, 2.24) is 5.16 Å². The largest absolute Gasteiger partial charge is 0.370 e. The fraction of sp³-hybridized carbons (Fsp3) is 0.250. The quantitative estimate of drug-likeness (QED) is 0.485. The highest BCUT2D eigenvalue weighted by Gasteiger charge is 2.25. The number of nitro benzene ring substituents is 1. The zero-order valence-electron chi connectivity index (χ0n) is 11.7. The first kappa shape index (κ1) is 16.8. The van der Waals surface area contributed by atoms with Crippen molar-refractivity contribution in [2.75, 3.05) is 5.32 Å². The summed E-state index contributed by atoms with van der Waals surface area (Å²) in [4.78, 5) is 8.82. The third-order valence-electron chi connectivity index (χ3n) is 2.93. The van der Waals surface area contributed by atoms with Gasteiger partial charge in [-0.15, -0.1) is 3.89 Å². The predicted molar refractivity (Wildman–Crippen MR) is 74.6 cm³/mol. The summed E-state index contributed by atoms with van der Waals surface area (Å²) in [5, 5.41) is 17.1. The summed E-state index contributed by atoms with van der Waals surface area (Å²) in [7, 11) is -5.27. The van der Waals surface area contributed by atoms with Crippen LogP contribution in [0.1, 0.15) is 18.4 Å². The van der Waals surface area contributed by atoms with Crippen LogP contribution in [0.5, 0.6) is 0 Å². The molecule has 1 aromatic carbocycles. The highest BCUT2D eigenvalue weighted by molar-refractivity contribution is 7.86. The number of aromatic nitrogens is 1. The Hall–Kier alpha value is -2.56. The Labute approximate surface area is 129 Å². The topological polar surface area (TPSA) is 115 Å². The van der Waals surface area contributed by atoms with E-state index in [1.807, 2.05) is 6.92 Å². The second-order valence-corrected chi connectivity index (χ2v) is 5.83. The van der Waals surface area contributed by atoms with Crippen molar-refractivity contribution in [2.45, 2.75) is 24.8 Å². The van der Waals surface area contributed by atoms with Crippen molar-refractivity contribution in [3.05, 3.63) is 45.6 Å². The minimum Gasteiger partial charge on any atom is -0.370 e. The molecule has 0 atom stereocenters. The monoisotopic (exact) mass is 347 g/mol. The molecule has 0 unspecified atom stereocenters. The van der Waals surface area contributed by atoms with Crippen LogP contribution in [0.3, 0.4) is 0 Å². The lowest BCUT2D eigenvalue weighted by atomic mass is 10.2. The van der Waals surface area contributed by atoms with Gasteiger partial charge in [0.1, 0.15) is 10.6 Å². The predicted octanol–water partition coefficient (Wildman–Crippen LogP) is 2.55. The Morgan fingerprint density at radius 3 is 2.61 bits per heavy atom. The molecule has 1 aromatic heterocycles. The second kappa shape index (κ2) is 6.28. The summed E-state index contributed by atoms with van der Waals surface area (Å²) in [6.45, 7) is 1.72. The molecule has 2 rings (SSSR count). The minimum atomic E-state index is -5.27. The molecular weight excluding hydrogens is 336 g/mol. The SMILES string of the molecule is CCc1cc(CNc2c(F)cc(S(=O)(=O)F)cc2[N+](=O)[O-])on1. The number of nitrogens with zero attached hydrogens (tertiary/aromatic N) is 2. The maximum absolute atomic E-state index is 13.9. The Morgan fingerprint density at radius 1 is 1.39 bits per heavy atom. The van der Waals surface area contributed by atoms with Gasteiger partial charge in [0.2, 0.25) is 0 Å². The minimum absolute atomic E-state index is 0.119. The highest BCUT2D eigenvalue weighted by Crippen LogP contribution is 2.32. The van der Waals surface area contributed by atoms with E-state index in [4.69, 9.17) is 4.52 Å². The number of rotatable bonds is 6. The molecule has 0 saturated carbocycles. The Kier molecular flexibility index (Phi) is 4.59. The van der Waals surface area contributed by atoms with Gasteiger partial charge in [0, 0.05) is 12.1 Å². The number of halogens is 2. The first-order chi connectivity index (χ1) is 10.7. The molecule has 0 aliphatic rings. The van der Waals surface area contributed by atoms with Crippen molar-refractivity contribution in [3.63, 3.8) is 0 Å². The van der Waals surface area contributed by atoms with E-state index in [0.717, 1.165) is 0 Å². The fourth-order valence-electron chi connectivity index (χ4n) is 1.81. The molecular formula is C12H11F2N3O5S. The summed E-state index contributed by atoms with van der Waals surface area (Å²) in [6.07, 6.45) is 0.612.